The van der Waals surface area contributed by atoms with Crippen LogP contribution in [0, 0.1) is 13.8 Å². The molecule has 0 saturated heterocycles. The summed E-state index contributed by atoms with van der Waals surface area (Å²) in [7, 11) is -3.77. The van der Waals surface area contributed by atoms with E-state index in [1.54, 1.807) is 11.3 Å². The summed E-state index contributed by atoms with van der Waals surface area (Å²) in [5.41, 5.74) is 1.46. The van der Waals surface area contributed by atoms with E-state index in [2.05, 4.69) is 15.3 Å². The molecule has 0 unspecified atom stereocenters. The second-order valence-corrected chi connectivity index (χ2v) is 8.31. The van der Waals surface area contributed by atoms with Crippen LogP contribution in [0.2, 0.25) is 0 Å². The maximum Gasteiger partial charge on any atom is 0.262 e. The molecule has 0 atom stereocenters. The molecule has 0 spiro atoms. The fraction of sp³-hybridized carbons (Fsp3) is 0.188. The van der Waals surface area contributed by atoms with Gasteiger partial charge in [0.1, 0.15) is 11.2 Å². The third kappa shape index (κ3) is 3.82. The zero-order valence-electron chi connectivity index (χ0n) is 14.0. The van der Waals surface area contributed by atoms with Crippen molar-refractivity contribution in [3.8, 4) is 5.88 Å². The first kappa shape index (κ1) is 18.2. The van der Waals surface area contributed by atoms with Crippen LogP contribution in [0.5, 0.6) is 5.88 Å². The molecule has 0 aliphatic carbocycles. The quantitative estimate of drug-likeness (QED) is 0.684. The van der Waals surface area contributed by atoms with E-state index in [-0.39, 0.29) is 11.5 Å². The van der Waals surface area contributed by atoms with Gasteiger partial charge in [-0.3, -0.25) is 4.79 Å². The Bertz CT molecular complexity index is 1080. The van der Waals surface area contributed by atoms with Crippen LogP contribution in [0.1, 0.15) is 10.4 Å². The van der Waals surface area contributed by atoms with Crippen molar-refractivity contribution in [2.45, 2.75) is 18.7 Å². The van der Waals surface area contributed by atoms with Gasteiger partial charge >= 0.3 is 0 Å². The van der Waals surface area contributed by atoms with E-state index in [0.29, 0.717) is 11.6 Å². The van der Waals surface area contributed by atoms with Crippen LogP contribution in [0.4, 0.5) is 5.69 Å². The van der Waals surface area contributed by atoms with E-state index in [1.165, 1.54) is 30.6 Å². The Labute approximate surface area is 154 Å². The molecule has 1 aromatic carbocycles. The minimum atomic E-state index is -3.77. The molecule has 0 bridgehead atoms. The minimum absolute atomic E-state index is 0.0292. The van der Waals surface area contributed by atoms with Crippen molar-refractivity contribution in [1.82, 2.24) is 9.97 Å². The van der Waals surface area contributed by atoms with Gasteiger partial charge < -0.3 is 10.1 Å². The van der Waals surface area contributed by atoms with E-state index in [0.717, 1.165) is 20.7 Å². The number of sulfonamides is 1. The minimum Gasteiger partial charge on any atom is -0.467 e. The fourth-order valence-electron chi connectivity index (χ4n) is 2.32. The number of benzene rings is 1. The molecule has 0 aliphatic rings. The molecule has 136 valence electrons. The number of rotatable bonds is 5. The number of hydrogen-bond donors (Lipinski definition) is 2. The predicted octanol–water partition coefficient (Wildman–Crippen LogP) is 1.97. The molecule has 26 heavy (non-hydrogen) atoms. The lowest BCUT2D eigenvalue weighted by atomic mass is 10.2. The monoisotopic (exact) mass is 392 g/mol. The van der Waals surface area contributed by atoms with Gasteiger partial charge in [-0.15, -0.1) is 11.3 Å². The first-order valence-electron chi connectivity index (χ1n) is 7.52. The Morgan fingerprint density at radius 2 is 1.92 bits per heavy atom. The average molecular weight is 392 g/mol. The molecule has 8 nitrogen and oxygen atoms in total. The van der Waals surface area contributed by atoms with Crippen molar-refractivity contribution in [2.24, 2.45) is 5.14 Å². The largest absolute Gasteiger partial charge is 0.467 e. The van der Waals surface area contributed by atoms with Crippen LogP contribution >= 0.6 is 11.3 Å². The number of ether oxygens (including phenoxy) is 1. The number of hydrogen-bond acceptors (Lipinski definition) is 7. The Morgan fingerprint density at radius 1 is 1.23 bits per heavy atom. The molecule has 1 amide bonds. The van der Waals surface area contributed by atoms with Gasteiger partial charge in [0.05, 0.1) is 10.3 Å². The lowest BCUT2D eigenvalue weighted by Gasteiger charge is -2.08. The van der Waals surface area contributed by atoms with Crippen LogP contribution < -0.4 is 15.2 Å². The predicted molar refractivity (Wildman–Crippen MR) is 98.8 cm³/mol. The topological polar surface area (TPSA) is 124 Å². The van der Waals surface area contributed by atoms with Gasteiger partial charge in [0.15, 0.2) is 6.61 Å². The number of thiophene rings is 1. The number of carbonyl (C=O) groups is 1. The van der Waals surface area contributed by atoms with Crippen molar-refractivity contribution in [3.05, 3.63) is 41.0 Å². The van der Waals surface area contributed by atoms with E-state index in [4.69, 9.17) is 9.88 Å². The molecule has 3 N–H and O–H groups in total. The van der Waals surface area contributed by atoms with Gasteiger partial charge in [-0.2, -0.15) is 0 Å². The van der Waals surface area contributed by atoms with Gasteiger partial charge in [-0.1, -0.05) is 0 Å². The van der Waals surface area contributed by atoms with Gasteiger partial charge in [0.2, 0.25) is 15.9 Å². The Kier molecular flexibility index (Phi) is 4.90. The highest BCUT2D eigenvalue weighted by Crippen LogP contribution is 2.33. The van der Waals surface area contributed by atoms with Crippen molar-refractivity contribution in [2.75, 3.05) is 11.9 Å². The third-order valence-corrected chi connectivity index (χ3v) is 5.78. The maximum atomic E-state index is 12.1. The fourth-order valence-corrected chi connectivity index (χ4v) is 3.82. The summed E-state index contributed by atoms with van der Waals surface area (Å²) in [5, 5.41) is 8.46. The number of carbonyl (C=O) groups excluding carboxylic acids is 1. The number of nitrogens with two attached hydrogens (primary N) is 1. The van der Waals surface area contributed by atoms with Crippen molar-refractivity contribution in [1.29, 1.82) is 0 Å². The zero-order valence-corrected chi connectivity index (χ0v) is 15.6. The van der Waals surface area contributed by atoms with Gasteiger partial charge in [-0.25, -0.2) is 23.5 Å². The summed E-state index contributed by atoms with van der Waals surface area (Å²) < 4.78 is 28.0. The number of fused-ring (bicyclic) bond motifs is 1. The van der Waals surface area contributed by atoms with Crippen LogP contribution in [0.3, 0.4) is 0 Å². The number of amides is 1. The summed E-state index contributed by atoms with van der Waals surface area (Å²) in [6.45, 7) is 3.71. The van der Waals surface area contributed by atoms with Crippen molar-refractivity contribution in [3.63, 3.8) is 0 Å². The summed E-state index contributed by atoms with van der Waals surface area (Å²) in [6.07, 6.45) is 1.40. The summed E-state index contributed by atoms with van der Waals surface area (Å²) in [5.74, 6) is -0.0405. The lowest BCUT2D eigenvalue weighted by molar-refractivity contribution is -0.118. The highest BCUT2D eigenvalue weighted by Gasteiger charge is 2.14. The molecular formula is C16H16N4O4S2. The molecule has 0 saturated carbocycles. The normalized spacial score (nSPS) is 11.5. The number of nitrogens with one attached hydrogen (secondary N) is 1. The molecule has 0 radical (unpaired) electrons. The third-order valence-electron chi connectivity index (χ3n) is 3.74. The first-order chi connectivity index (χ1) is 12.3. The average Bonchev–Trinajstić information content (AvgIpc) is 2.88. The molecule has 0 aliphatic heterocycles. The number of aryl methyl sites for hydroxylation is 2. The van der Waals surface area contributed by atoms with E-state index in [9.17, 15) is 13.2 Å². The summed E-state index contributed by atoms with van der Waals surface area (Å²) in [6, 6.07) is 5.54. The SMILES string of the molecule is Cc1sc2ncnc(OCC(=O)Nc3ccc(S(N)(=O)=O)cc3)c2c1C. The molecule has 0 fully saturated rings. The molecular weight excluding hydrogens is 376 g/mol. The maximum absolute atomic E-state index is 12.1. The van der Waals surface area contributed by atoms with Crippen LogP contribution in [0.15, 0.2) is 35.5 Å². The second kappa shape index (κ2) is 6.98. The van der Waals surface area contributed by atoms with Crippen molar-refractivity contribution < 1.29 is 17.9 Å². The first-order valence-corrected chi connectivity index (χ1v) is 9.88. The van der Waals surface area contributed by atoms with E-state index in [1.807, 2.05) is 13.8 Å². The molecule has 2 aromatic heterocycles. The van der Waals surface area contributed by atoms with Gasteiger partial charge in [0, 0.05) is 10.6 Å². The number of aromatic nitrogens is 2. The van der Waals surface area contributed by atoms with E-state index < -0.39 is 15.9 Å². The zero-order chi connectivity index (χ0) is 18.9. The van der Waals surface area contributed by atoms with E-state index >= 15 is 0 Å². The Hall–Kier alpha value is -2.56. The summed E-state index contributed by atoms with van der Waals surface area (Å²) in [4.78, 5) is 22.3. The van der Waals surface area contributed by atoms with Crippen LogP contribution in [-0.4, -0.2) is 30.9 Å². The Balaban J connectivity index is 1.68. The number of nitrogens with zero attached hydrogens (tertiary/aromatic N) is 2. The number of primary sulfonamides is 1. The molecule has 2 heterocycles. The van der Waals surface area contributed by atoms with Crippen LogP contribution in [-0.2, 0) is 14.8 Å². The van der Waals surface area contributed by atoms with Crippen molar-refractivity contribution >= 4 is 43.2 Å². The lowest BCUT2D eigenvalue weighted by Crippen LogP contribution is -2.20. The molecule has 3 aromatic rings. The Morgan fingerprint density at radius 3 is 2.58 bits per heavy atom. The van der Waals surface area contributed by atoms with Crippen LogP contribution in [0.25, 0.3) is 10.2 Å². The highest BCUT2D eigenvalue weighted by atomic mass is 32.2. The highest BCUT2D eigenvalue weighted by molar-refractivity contribution is 7.89. The second-order valence-electron chi connectivity index (χ2n) is 5.55. The standard InChI is InChI=1S/C16H16N4O4S2/c1-9-10(2)25-16-14(9)15(18-8-19-16)24-7-13(21)20-11-3-5-12(6-4-11)26(17,22)23/h3-6,8H,7H2,1-2H3,(H,20,21)(H2,17,22,23). The van der Waals surface area contributed by atoms with Gasteiger partial charge in [0.25, 0.3) is 5.91 Å². The molecule has 3 rings (SSSR count). The summed E-state index contributed by atoms with van der Waals surface area (Å²) >= 11 is 1.54. The van der Waals surface area contributed by atoms with Gasteiger partial charge in [-0.05, 0) is 43.7 Å². The smallest absolute Gasteiger partial charge is 0.262 e. The molecule has 10 heteroatoms. The number of anilines is 1.